The first-order valence-corrected chi connectivity index (χ1v) is 9.86. The van der Waals surface area contributed by atoms with Gasteiger partial charge in [0.1, 0.15) is 6.54 Å². The van der Waals surface area contributed by atoms with Crippen molar-refractivity contribution in [1.82, 2.24) is 5.01 Å². The maximum atomic E-state index is 12.9. The van der Waals surface area contributed by atoms with Crippen molar-refractivity contribution in [2.45, 2.75) is 19.0 Å². The molecule has 2 aliphatic rings. The van der Waals surface area contributed by atoms with Gasteiger partial charge in [-0.3, -0.25) is 24.2 Å². The number of ketones is 1. The Morgan fingerprint density at radius 1 is 1.10 bits per heavy atom. The Bertz CT molecular complexity index is 1080. The van der Waals surface area contributed by atoms with Crippen LogP contribution >= 0.6 is 15.9 Å². The first-order valence-electron chi connectivity index (χ1n) is 9.07. The summed E-state index contributed by atoms with van der Waals surface area (Å²) in [7, 11) is 0. The van der Waals surface area contributed by atoms with Crippen LogP contribution in [0.1, 0.15) is 17.3 Å². The molecule has 0 bridgehead atoms. The zero-order valence-corrected chi connectivity index (χ0v) is 17.4. The molecule has 2 aromatic carbocycles. The molecule has 0 saturated carbocycles. The van der Waals surface area contributed by atoms with Crippen LogP contribution in [0.15, 0.2) is 63.3 Å². The van der Waals surface area contributed by atoms with E-state index in [2.05, 4.69) is 31.6 Å². The second-order valence-electron chi connectivity index (χ2n) is 6.87. The van der Waals surface area contributed by atoms with Gasteiger partial charge in [-0.1, -0.05) is 27.2 Å². The summed E-state index contributed by atoms with van der Waals surface area (Å²) in [5, 5.41) is 11.7. The standard InChI is InChI=1S/C20H16BrN5O4/c1-11(27)12-5-7-14(8-6-12)22-16(28)10-25-18-17(23-24-25)19(29)26(20(18)30)15-4-2-3-13(21)9-15/h2-9,17-18H,10H2,1H3,(H,22,28). The minimum absolute atomic E-state index is 0.0733. The monoisotopic (exact) mass is 469 g/mol. The molecule has 1 N–H and O–H groups in total. The van der Waals surface area contributed by atoms with Crippen LogP contribution in [0, 0.1) is 0 Å². The SMILES string of the molecule is CC(=O)c1ccc(NC(=O)CN2N=NC3C(=O)N(c4cccc(Br)c4)C(=O)C32)cc1. The molecule has 30 heavy (non-hydrogen) atoms. The van der Waals surface area contributed by atoms with Crippen LogP contribution in [0.3, 0.4) is 0 Å². The molecule has 4 rings (SSSR count). The number of carbonyl (C=O) groups excluding carboxylic acids is 4. The highest BCUT2D eigenvalue weighted by Gasteiger charge is 2.55. The first-order chi connectivity index (χ1) is 14.3. The van der Waals surface area contributed by atoms with E-state index >= 15 is 0 Å². The van der Waals surface area contributed by atoms with Crippen LogP contribution in [0.2, 0.25) is 0 Å². The van der Waals surface area contributed by atoms with Gasteiger partial charge in [0, 0.05) is 15.7 Å². The topological polar surface area (TPSA) is 112 Å². The third kappa shape index (κ3) is 3.61. The number of carbonyl (C=O) groups is 4. The summed E-state index contributed by atoms with van der Waals surface area (Å²) >= 11 is 3.33. The lowest BCUT2D eigenvalue weighted by molar-refractivity contribution is -0.123. The molecule has 2 aromatic rings. The summed E-state index contributed by atoms with van der Waals surface area (Å²) in [5.74, 6) is -1.46. The fraction of sp³-hybridized carbons (Fsp3) is 0.200. The van der Waals surface area contributed by atoms with E-state index in [1.54, 1.807) is 48.5 Å². The maximum Gasteiger partial charge on any atom is 0.263 e. The second-order valence-corrected chi connectivity index (χ2v) is 7.78. The number of rotatable bonds is 5. The van der Waals surface area contributed by atoms with Gasteiger partial charge in [-0.05, 0) is 49.4 Å². The van der Waals surface area contributed by atoms with E-state index in [1.165, 1.54) is 11.9 Å². The molecule has 2 aliphatic heterocycles. The van der Waals surface area contributed by atoms with Gasteiger partial charge in [-0.15, -0.1) is 0 Å². The fourth-order valence-electron chi connectivity index (χ4n) is 3.36. The van der Waals surface area contributed by atoms with E-state index in [0.717, 1.165) is 9.37 Å². The lowest BCUT2D eigenvalue weighted by atomic mass is 10.1. The normalized spacial score (nSPS) is 19.9. The summed E-state index contributed by atoms with van der Waals surface area (Å²) in [6, 6.07) is 11.3. The van der Waals surface area contributed by atoms with Gasteiger partial charge >= 0.3 is 0 Å². The average molecular weight is 470 g/mol. The van der Waals surface area contributed by atoms with Gasteiger partial charge < -0.3 is 5.32 Å². The highest BCUT2D eigenvalue weighted by atomic mass is 79.9. The number of imide groups is 1. The maximum absolute atomic E-state index is 12.9. The van der Waals surface area contributed by atoms with Crippen LogP contribution in [0.4, 0.5) is 11.4 Å². The molecule has 0 radical (unpaired) electrons. The van der Waals surface area contributed by atoms with E-state index in [0.29, 0.717) is 16.9 Å². The summed E-state index contributed by atoms with van der Waals surface area (Å²) in [5.41, 5.74) is 1.47. The number of Topliss-reactive ketones (excluding diaryl/α,β-unsaturated/α-hetero) is 1. The number of benzene rings is 2. The Balaban J connectivity index is 1.46. The van der Waals surface area contributed by atoms with Crippen LogP contribution < -0.4 is 10.2 Å². The van der Waals surface area contributed by atoms with Gasteiger partial charge in [-0.2, -0.15) is 5.11 Å². The molecule has 1 saturated heterocycles. The van der Waals surface area contributed by atoms with Crippen molar-refractivity contribution in [2.24, 2.45) is 10.3 Å². The first kappa shape index (κ1) is 19.9. The second kappa shape index (κ2) is 7.79. The van der Waals surface area contributed by atoms with Crippen molar-refractivity contribution >= 4 is 50.8 Å². The van der Waals surface area contributed by atoms with Crippen molar-refractivity contribution in [2.75, 3.05) is 16.8 Å². The van der Waals surface area contributed by atoms with Crippen molar-refractivity contribution in [3.05, 3.63) is 58.6 Å². The summed E-state index contributed by atoms with van der Waals surface area (Å²) in [4.78, 5) is 50.5. The molecule has 10 heteroatoms. The fourth-order valence-corrected chi connectivity index (χ4v) is 3.75. The van der Waals surface area contributed by atoms with E-state index in [9.17, 15) is 19.2 Å². The number of nitrogens with zero attached hydrogens (tertiary/aromatic N) is 4. The molecular weight excluding hydrogens is 454 g/mol. The van der Waals surface area contributed by atoms with Crippen molar-refractivity contribution in [1.29, 1.82) is 0 Å². The molecule has 2 unspecified atom stereocenters. The minimum atomic E-state index is -0.973. The molecule has 0 aliphatic carbocycles. The molecular formula is C20H16BrN5O4. The lowest BCUT2D eigenvalue weighted by Gasteiger charge is -2.20. The van der Waals surface area contributed by atoms with Crippen LogP contribution in [0.25, 0.3) is 0 Å². The van der Waals surface area contributed by atoms with E-state index < -0.39 is 29.8 Å². The third-order valence-electron chi connectivity index (χ3n) is 4.81. The molecule has 2 atom stereocenters. The number of fused-ring (bicyclic) bond motifs is 1. The summed E-state index contributed by atoms with van der Waals surface area (Å²) < 4.78 is 0.728. The van der Waals surface area contributed by atoms with Gasteiger partial charge in [0.15, 0.2) is 17.9 Å². The predicted octanol–water partition coefficient (Wildman–Crippen LogP) is 2.58. The Kier molecular flexibility index (Phi) is 5.17. The summed E-state index contributed by atoms with van der Waals surface area (Å²) in [6.45, 7) is 1.21. The van der Waals surface area contributed by atoms with Gasteiger partial charge in [0.2, 0.25) is 5.91 Å². The van der Waals surface area contributed by atoms with Gasteiger partial charge in [-0.25, -0.2) is 4.90 Å². The Morgan fingerprint density at radius 3 is 2.50 bits per heavy atom. The molecule has 1 fully saturated rings. The number of halogens is 1. The average Bonchev–Trinajstić information content (AvgIpc) is 3.22. The van der Waals surface area contributed by atoms with Crippen molar-refractivity contribution in [3.63, 3.8) is 0 Å². The third-order valence-corrected chi connectivity index (χ3v) is 5.30. The van der Waals surface area contributed by atoms with Crippen molar-refractivity contribution in [3.8, 4) is 0 Å². The van der Waals surface area contributed by atoms with E-state index in [4.69, 9.17) is 0 Å². The molecule has 0 spiro atoms. The van der Waals surface area contributed by atoms with Crippen LogP contribution in [-0.4, -0.2) is 47.1 Å². The Morgan fingerprint density at radius 2 is 1.83 bits per heavy atom. The van der Waals surface area contributed by atoms with E-state index in [1.807, 2.05) is 0 Å². The Labute approximate surface area is 179 Å². The quantitative estimate of drug-likeness (QED) is 0.534. The van der Waals surface area contributed by atoms with Crippen LogP contribution in [0.5, 0.6) is 0 Å². The van der Waals surface area contributed by atoms with Gasteiger partial charge in [0.25, 0.3) is 11.8 Å². The predicted molar refractivity (Wildman–Crippen MR) is 111 cm³/mol. The zero-order valence-electron chi connectivity index (χ0n) is 15.8. The van der Waals surface area contributed by atoms with E-state index in [-0.39, 0.29) is 12.3 Å². The number of hydrogen-bond donors (Lipinski definition) is 1. The lowest BCUT2D eigenvalue weighted by Crippen LogP contribution is -2.43. The Hall–Kier alpha value is -3.40. The minimum Gasteiger partial charge on any atom is -0.324 e. The molecule has 2 heterocycles. The van der Waals surface area contributed by atoms with Crippen LogP contribution in [-0.2, 0) is 14.4 Å². The van der Waals surface area contributed by atoms with Gasteiger partial charge in [0.05, 0.1) is 5.69 Å². The summed E-state index contributed by atoms with van der Waals surface area (Å²) in [6.07, 6.45) is 0. The highest BCUT2D eigenvalue weighted by Crippen LogP contribution is 2.32. The van der Waals surface area contributed by atoms with Crippen molar-refractivity contribution < 1.29 is 19.2 Å². The number of hydrogen-bond acceptors (Lipinski definition) is 7. The number of nitrogens with one attached hydrogen (secondary N) is 1. The zero-order chi connectivity index (χ0) is 21.4. The number of anilines is 2. The smallest absolute Gasteiger partial charge is 0.263 e. The molecule has 0 aromatic heterocycles. The molecule has 152 valence electrons. The number of amides is 3. The molecule has 9 nitrogen and oxygen atoms in total. The largest absolute Gasteiger partial charge is 0.324 e. The molecule has 3 amide bonds. The highest BCUT2D eigenvalue weighted by molar-refractivity contribution is 9.10.